The lowest BCUT2D eigenvalue weighted by Gasteiger charge is -2.16. The highest BCUT2D eigenvalue weighted by molar-refractivity contribution is 4.55. The second kappa shape index (κ2) is 8.52. The summed E-state index contributed by atoms with van der Waals surface area (Å²) in [5, 5.41) is 3.36. The third-order valence-corrected chi connectivity index (χ3v) is 2.31. The van der Waals surface area contributed by atoms with Gasteiger partial charge in [-0.15, -0.1) is 0 Å². The maximum atomic E-state index is 5.62. The Balaban J connectivity index is 3.07. The number of hydrogen-bond donors (Lipinski definition) is 1. The molecule has 0 saturated heterocycles. The number of rotatable bonds is 8. The van der Waals surface area contributed by atoms with Crippen LogP contribution in [-0.2, 0) is 4.74 Å². The van der Waals surface area contributed by atoms with Crippen molar-refractivity contribution in [3.63, 3.8) is 0 Å². The largest absolute Gasteiger partial charge is 0.377 e. The Hall–Kier alpha value is -0.0800. The van der Waals surface area contributed by atoms with Gasteiger partial charge in [-0.3, -0.25) is 0 Å². The van der Waals surface area contributed by atoms with E-state index in [1.165, 1.54) is 12.8 Å². The summed E-state index contributed by atoms with van der Waals surface area (Å²) < 4.78 is 5.62. The molecule has 1 unspecified atom stereocenters. The molecule has 80 valence electrons. The van der Waals surface area contributed by atoms with Crippen LogP contribution in [0.25, 0.3) is 0 Å². The zero-order valence-electron chi connectivity index (χ0n) is 9.60. The van der Waals surface area contributed by atoms with E-state index in [1.807, 2.05) is 0 Å². The molecule has 0 amide bonds. The van der Waals surface area contributed by atoms with Gasteiger partial charge in [-0.05, 0) is 25.8 Å². The van der Waals surface area contributed by atoms with E-state index in [-0.39, 0.29) is 0 Å². The van der Waals surface area contributed by atoms with Crippen molar-refractivity contribution >= 4 is 0 Å². The summed E-state index contributed by atoms with van der Waals surface area (Å²) in [5.74, 6) is 0.621. The predicted molar refractivity (Wildman–Crippen MR) is 58.0 cm³/mol. The van der Waals surface area contributed by atoms with Gasteiger partial charge in [-0.1, -0.05) is 27.2 Å². The van der Waals surface area contributed by atoms with Crippen LogP contribution >= 0.6 is 0 Å². The summed E-state index contributed by atoms with van der Waals surface area (Å²) in [5.41, 5.74) is 0. The van der Waals surface area contributed by atoms with E-state index < -0.39 is 0 Å². The molecule has 0 aliphatic rings. The molecule has 0 spiro atoms. The van der Waals surface area contributed by atoms with E-state index in [1.54, 1.807) is 0 Å². The van der Waals surface area contributed by atoms with Gasteiger partial charge in [0.05, 0.1) is 12.7 Å². The van der Waals surface area contributed by atoms with Crippen LogP contribution in [0.15, 0.2) is 0 Å². The summed E-state index contributed by atoms with van der Waals surface area (Å²) in [7, 11) is 0. The minimum Gasteiger partial charge on any atom is -0.377 e. The molecule has 0 aromatic rings. The van der Waals surface area contributed by atoms with E-state index in [4.69, 9.17) is 4.74 Å². The van der Waals surface area contributed by atoms with Crippen LogP contribution in [0, 0.1) is 5.92 Å². The first-order valence-corrected chi connectivity index (χ1v) is 5.50. The summed E-state index contributed by atoms with van der Waals surface area (Å²) in [6.07, 6.45) is 2.91. The fourth-order valence-corrected chi connectivity index (χ4v) is 0.936. The molecule has 1 N–H and O–H groups in total. The number of unbranched alkanes of at least 4 members (excludes halogenated alkanes) is 1. The molecule has 0 saturated carbocycles. The van der Waals surface area contributed by atoms with Gasteiger partial charge in [0, 0.05) is 6.54 Å². The number of hydrogen-bond acceptors (Lipinski definition) is 2. The topological polar surface area (TPSA) is 21.3 Å². The average Bonchev–Trinajstić information content (AvgIpc) is 2.10. The SMILES string of the molecule is CCCCNCCOC(C)C(C)C. The standard InChI is InChI=1S/C11H25NO/c1-5-6-7-12-8-9-13-11(4)10(2)3/h10-12H,5-9H2,1-4H3. The van der Waals surface area contributed by atoms with Crippen LogP contribution in [0.2, 0.25) is 0 Å². The van der Waals surface area contributed by atoms with E-state index in [0.29, 0.717) is 12.0 Å². The van der Waals surface area contributed by atoms with Crippen LogP contribution in [-0.4, -0.2) is 25.8 Å². The maximum Gasteiger partial charge on any atom is 0.0594 e. The van der Waals surface area contributed by atoms with Crippen LogP contribution in [0.5, 0.6) is 0 Å². The Morgan fingerprint density at radius 1 is 1.15 bits per heavy atom. The Kier molecular flexibility index (Phi) is 8.46. The molecule has 0 aliphatic heterocycles. The second-order valence-electron chi connectivity index (χ2n) is 3.92. The molecule has 2 nitrogen and oxygen atoms in total. The van der Waals surface area contributed by atoms with Crippen LogP contribution in [0.3, 0.4) is 0 Å². The Labute approximate surface area is 83.1 Å². The highest BCUT2D eigenvalue weighted by Crippen LogP contribution is 2.03. The predicted octanol–water partition coefficient (Wildman–Crippen LogP) is 2.44. The average molecular weight is 187 g/mol. The third kappa shape index (κ3) is 8.26. The zero-order chi connectivity index (χ0) is 10.1. The van der Waals surface area contributed by atoms with Crippen molar-refractivity contribution < 1.29 is 4.74 Å². The Morgan fingerprint density at radius 2 is 1.85 bits per heavy atom. The first kappa shape index (κ1) is 12.9. The Morgan fingerprint density at radius 3 is 2.38 bits per heavy atom. The molecule has 0 radical (unpaired) electrons. The first-order valence-electron chi connectivity index (χ1n) is 5.50. The van der Waals surface area contributed by atoms with E-state index in [9.17, 15) is 0 Å². The molecule has 13 heavy (non-hydrogen) atoms. The molecular weight excluding hydrogens is 162 g/mol. The molecular formula is C11H25NO. The summed E-state index contributed by atoms with van der Waals surface area (Å²) in [6, 6.07) is 0. The normalized spacial score (nSPS) is 13.6. The highest BCUT2D eigenvalue weighted by atomic mass is 16.5. The lowest BCUT2D eigenvalue weighted by atomic mass is 10.1. The molecule has 0 bridgehead atoms. The van der Waals surface area contributed by atoms with Crippen molar-refractivity contribution in [3.8, 4) is 0 Å². The summed E-state index contributed by atoms with van der Waals surface area (Å²) in [6.45, 7) is 11.7. The molecule has 2 heteroatoms. The van der Waals surface area contributed by atoms with Gasteiger partial charge < -0.3 is 10.1 Å². The van der Waals surface area contributed by atoms with Crippen molar-refractivity contribution in [3.05, 3.63) is 0 Å². The van der Waals surface area contributed by atoms with Crippen molar-refractivity contribution in [1.82, 2.24) is 5.32 Å². The summed E-state index contributed by atoms with van der Waals surface area (Å²) >= 11 is 0. The molecule has 0 aliphatic carbocycles. The van der Waals surface area contributed by atoms with Crippen molar-refractivity contribution in [2.45, 2.75) is 46.6 Å². The number of ether oxygens (including phenoxy) is 1. The van der Waals surface area contributed by atoms with Gasteiger partial charge in [0.15, 0.2) is 0 Å². The minimum atomic E-state index is 0.382. The quantitative estimate of drug-likeness (QED) is 0.589. The van der Waals surface area contributed by atoms with Crippen LogP contribution in [0.4, 0.5) is 0 Å². The van der Waals surface area contributed by atoms with Gasteiger partial charge in [0.25, 0.3) is 0 Å². The van der Waals surface area contributed by atoms with Crippen molar-refractivity contribution in [2.75, 3.05) is 19.7 Å². The number of nitrogens with one attached hydrogen (secondary N) is 1. The molecule has 1 atom stereocenters. The van der Waals surface area contributed by atoms with Crippen LogP contribution < -0.4 is 5.32 Å². The van der Waals surface area contributed by atoms with Crippen molar-refractivity contribution in [1.29, 1.82) is 0 Å². The monoisotopic (exact) mass is 187 g/mol. The lowest BCUT2D eigenvalue weighted by molar-refractivity contribution is 0.0374. The van der Waals surface area contributed by atoms with Gasteiger partial charge in [0.1, 0.15) is 0 Å². The van der Waals surface area contributed by atoms with E-state index in [0.717, 1.165) is 19.7 Å². The molecule has 0 aromatic carbocycles. The summed E-state index contributed by atoms with van der Waals surface area (Å²) in [4.78, 5) is 0. The lowest BCUT2D eigenvalue weighted by Crippen LogP contribution is -2.24. The van der Waals surface area contributed by atoms with Gasteiger partial charge in [0.2, 0.25) is 0 Å². The van der Waals surface area contributed by atoms with Gasteiger partial charge >= 0.3 is 0 Å². The molecule has 0 heterocycles. The maximum absolute atomic E-state index is 5.62. The molecule has 0 rings (SSSR count). The van der Waals surface area contributed by atoms with Gasteiger partial charge in [-0.2, -0.15) is 0 Å². The second-order valence-corrected chi connectivity index (χ2v) is 3.92. The molecule has 0 fully saturated rings. The van der Waals surface area contributed by atoms with Crippen LogP contribution in [0.1, 0.15) is 40.5 Å². The fourth-order valence-electron chi connectivity index (χ4n) is 0.936. The van der Waals surface area contributed by atoms with Gasteiger partial charge in [-0.25, -0.2) is 0 Å². The van der Waals surface area contributed by atoms with Crippen molar-refractivity contribution in [2.24, 2.45) is 5.92 Å². The van der Waals surface area contributed by atoms with E-state index in [2.05, 4.69) is 33.0 Å². The van der Waals surface area contributed by atoms with E-state index >= 15 is 0 Å². The Bertz CT molecular complexity index is 104. The smallest absolute Gasteiger partial charge is 0.0594 e. The zero-order valence-corrected chi connectivity index (χ0v) is 9.60. The fraction of sp³-hybridized carbons (Fsp3) is 1.00. The molecule has 0 aromatic heterocycles. The minimum absolute atomic E-state index is 0.382. The first-order chi connectivity index (χ1) is 6.18. The third-order valence-electron chi connectivity index (χ3n) is 2.31. The highest BCUT2D eigenvalue weighted by Gasteiger charge is 2.05.